The molecule has 102 valence electrons. The van der Waals surface area contributed by atoms with Crippen LogP contribution >= 0.6 is 0 Å². The van der Waals surface area contributed by atoms with Gasteiger partial charge in [-0.05, 0) is 31.1 Å². The fourth-order valence-electron chi connectivity index (χ4n) is 2.33. The zero-order chi connectivity index (χ0) is 13.8. The number of aryl methyl sites for hydroxylation is 1. The van der Waals surface area contributed by atoms with Crippen LogP contribution in [0.15, 0.2) is 31.0 Å². The van der Waals surface area contributed by atoms with Gasteiger partial charge in [-0.2, -0.15) is 0 Å². The van der Waals surface area contributed by atoms with E-state index in [0.29, 0.717) is 18.8 Å². The van der Waals surface area contributed by atoms with Crippen molar-refractivity contribution in [2.75, 3.05) is 13.1 Å². The van der Waals surface area contributed by atoms with Crippen LogP contribution in [0.25, 0.3) is 0 Å². The fourth-order valence-corrected chi connectivity index (χ4v) is 2.33. The summed E-state index contributed by atoms with van der Waals surface area (Å²) in [6.07, 6.45) is 4.76. The molecule has 5 nitrogen and oxygen atoms in total. The monoisotopic (exact) mass is 261 g/mol. The summed E-state index contributed by atoms with van der Waals surface area (Å²) in [5.41, 5.74) is 0.657. The highest BCUT2D eigenvalue weighted by Gasteiger charge is 2.23. The van der Waals surface area contributed by atoms with Crippen LogP contribution in [0.2, 0.25) is 0 Å². The Morgan fingerprint density at radius 3 is 2.63 bits per heavy atom. The summed E-state index contributed by atoms with van der Waals surface area (Å²) in [6.45, 7) is 4.82. The third kappa shape index (κ3) is 3.05. The van der Waals surface area contributed by atoms with E-state index in [0.717, 1.165) is 12.8 Å². The van der Waals surface area contributed by atoms with Gasteiger partial charge in [-0.15, -0.1) is 0 Å². The molecule has 0 spiro atoms. The van der Waals surface area contributed by atoms with E-state index in [1.54, 1.807) is 15.5 Å². The lowest BCUT2D eigenvalue weighted by atomic mass is 10.0. The number of piperidine rings is 1. The molecule has 1 aromatic heterocycles. The van der Waals surface area contributed by atoms with Crippen molar-refractivity contribution < 1.29 is 9.59 Å². The third-order valence-corrected chi connectivity index (χ3v) is 3.49. The highest BCUT2D eigenvalue weighted by Crippen LogP contribution is 2.11. The SMILES string of the molecule is C=CC(=O)N1CCC(NC(=O)c2cccn2C)CC1. The molecule has 0 saturated carbocycles. The smallest absolute Gasteiger partial charge is 0.268 e. The Labute approximate surface area is 112 Å². The summed E-state index contributed by atoms with van der Waals surface area (Å²) in [5.74, 6) is -0.0896. The number of nitrogens with zero attached hydrogens (tertiary/aromatic N) is 2. The standard InChI is InChI=1S/C14H19N3O2/c1-3-13(18)17-9-6-11(7-10-17)15-14(19)12-5-4-8-16(12)2/h3-5,8,11H,1,6-7,9-10H2,2H3,(H,15,19). The zero-order valence-electron chi connectivity index (χ0n) is 11.1. The van der Waals surface area contributed by atoms with Crippen LogP contribution in [0, 0.1) is 0 Å². The third-order valence-electron chi connectivity index (χ3n) is 3.49. The zero-order valence-corrected chi connectivity index (χ0v) is 11.1. The molecule has 19 heavy (non-hydrogen) atoms. The second-order valence-corrected chi connectivity index (χ2v) is 4.78. The maximum atomic E-state index is 12.0. The van der Waals surface area contributed by atoms with E-state index in [2.05, 4.69) is 11.9 Å². The molecule has 1 saturated heterocycles. The Kier molecular flexibility index (Phi) is 4.04. The van der Waals surface area contributed by atoms with Gasteiger partial charge in [0.15, 0.2) is 0 Å². The van der Waals surface area contributed by atoms with Crippen molar-refractivity contribution in [3.05, 3.63) is 36.7 Å². The average molecular weight is 261 g/mol. The lowest BCUT2D eigenvalue weighted by Gasteiger charge is -2.31. The van der Waals surface area contributed by atoms with Gasteiger partial charge in [-0.25, -0.2) is 0 Å². The van der Waals surface area contributed by atoms with Crippen LogP contribution in [-0.4, -0.2) is 40.4 Å². The van der Waals surface area contributed by atoms with Crippen molar-refractivity contribution in [2.24, 2.45) is 7.05 Å². The summed E-state index contributed by atoms with van der Waals surface area (Å²) in [4.78, 5) is 25.2. The first-order valence-electron chi connectivity index (χ1n) is 6.45. The van der Waals surface area contributed by atoms with Crippen molar-refractivity contribution >= 4 is 11.8 Å². The van der Waals surface area contributed by atoms with Crippen LogP contribution in [0.1, 0.15) is 23.3 Å². The Balaban J connectivity index is 1.86. The van der Waals surface area contributed by atoms with Gasteiger partial charge >= 0.3 is 0 Å². The molecule has 2 amide bonds. The van der Waals surface area contributed by atoms with E-state index >= 15 is 0 Å². The molecule has 5 heteroatoms. The van der Waals surface area contributed by atoms with Crippen LogP contribution in [-0.2, 0) is 11.8 Å². The summed E-state index contributed by atoms with van der Waals surface area (Å²) in [6, 6.07) is 3.78. The van der Waals surface area contributed by atoms with E-state index in [1.165, 1.54) is 6.08 Å². The van der Waals surface area contributed by atoms with Gasteiger partial charge in [0.1, 0.15) is 5.69 Å². The average Bonchev–Trinajstić information content (AvgIpc) is 2.85. The Morgan fingerprint density at radius 2 is 2.11 bits per heavy atom. The lowest BCUT2D eigenvalue weighted by Crippen LogP contribution is -2.46. The molecule has 2 heterocycles. The van der Waals surface area contributed by atoms with Crippen LogP contribution in [0.3, 0.4) is 0 Å². The largest absolute Gasteiger partial charge is 0.348 e. The summed E-state index contributed by atoms with van der Waals surface area (Å²) in [5, 5.41) is 3.02. The highest BCUT2D eigenvalue weighted by molar-refractivity contribution is 5.93. The first-order chi connectivity index (χ1) is 9.11. The molecular weight excluding hydrogens is 242 g/mol. The second kappa shape index (κ2) is 5.73. The predicted molar refractivity (Wildman–Crippen MR) is 72.7 cm³/mol. The minimum Gasteiger partial charge on any atom is -0.348 e. The topological polar surface area (TPSA) is 54.3 Å². The van der Waals surface area contributed by atoms with E-state index in [4.69, 9.17) is 0 Å². The van der Waals surface area contributed by atoms with Crippen LogP contribution in [0.4, 0.5) is 0 Å². The van der Waals surface area contributed by atoms with Gasteiger partial charge in [0, 0.05) is 32.4 Å². The van der Waals surface area contributed by atoms with Gasteiger partial charge in [-0.1, -0.05) is 6.58 Å². The van der Waals surface area contributed by atoms with Crippen molar-refractivity contribution in [1.29, 1.82) is 0 Å². The quantitative estimate of drug-likeness (QED) is 0.823. The molecule has 0 bridgehead atoms. The number of hydrogen-bond donors (Lipinski definition) is 1. The molecule has 1 aromatic rings. The van der Waals surface area contributed by atoms with E-state index < -0.39 is 0 Å². The molecule has 0 radical (unpaired) electrons. The van der Waals surface area contributed by atoms with Gasteiger partial charge < -0.3 is 14.8 Å². The molecule has 2 rings (SSSR count). The number of carbonyl (C=O) groups is 2. The minimum atomic E-state index is -0.0546. The molecule has 0 atom stereocenters. The number of likely N-dealkylation sites (tertiary alicyclic amines) is 1. The number of rotatable bonds is 3. The van der Waals surface area contributed by atoms with Gasteiger partial charge in [0.2, 0.25) is 5.91 Å². The Bertz CT molecular complexity index is 485. The lowest BCUT2D eigenvalue weighted by molar-refractivity contribution is -0.127. The molecule has 0 aromatic carbocycles. The molecule has 0 aliphatic carbocycles. The summed E-state index contributed by atoms with van der Waals surface area (Å²) < 4.78 is 1.80. The molecular formula is C14H19N3O2. The van der Waals surface area contributed by atoms with E-state index in [9.17, 15) is 9.59 Å². The van der Waals surface area contributed by atoms with Gasteiger partial charge in [-0.3, -0.25) is 9.59 Å². The van der Waals surface area contributed by atoms with Crippen molar-refractivity contribution in [3.63, 3.8) is 0 Å². The summed E-state index contributed by atoms with van der Waals surface area (Å²) in [7, 11) is 1.85. The molecule has 0 unspecified atom stereocenters. The molecule has 1 aliphatic heterocycles. The normalized spacial score (nSPS) is 16.2. The number of hydrogen-bond acceptors (Lipinski definition) is 2. The van der Waals surface area contributed by atoms with Gasteiger partial charge in [0.05, 0.1) is 0 Å². The Morgan fingerprint density at radius 1 is 1.42 bits per heavy atom. The van der Waals surface area contributed by atoms with Crippen molar-refractivity contribution in [2.45, 2.75) is 18.9 Å². The van der Waals surface area contributed by atoms with E-state index in [1.807, 2.05) is 19.3 Å². The maximum absolute atomic E-state index is 12.0. The molecule has 1 aliphatic rings. The minimum absolute atomic E-state index is 0.0350. The number of carbonyl (C=O) groups excluding carboxylic acids is 2. The number of amides is 2. The van der Waals surface area contributed by atoms with Crippen LogP contribution in [0.5, 0.6) is 0 Å². The number of aromatic nitrogens is 1. The first-order valence-corrected chi connectivity index (χ1v) is 6.45. The predicted octanol–water partition coefficient (Wildman–Crippen LogP) is 0.932. The second-order valence-electron chi connectivity index (χ2n) is 4.78. The fraction of sp³-hybridized carbons (Fsp3) is 0.429. The van der Waals surface area contributed by atoms with Crippen molar-refractivity contribution in [1.82, 2.24) is 14.8 Å². The maximum Gasteiger partial charge on any atom is 0.268 e. The highest BCUT2D eigenvalue weighted by atomic mass is 16.2. The molecule has 1 N–H and O–H groups in total. The van der Waals surface area contributed by atoms with Crippen LogP contribution < -0.4 is 5.32 Å². The van der Waals surface area contributed by atoms with Gasteiger partial charge in [0.25, 0.3) is 5.91 Å². The van der Waals surface area contributed by atoms with Crippen molar-refractivity contribution in [3.8, 4) is 0 Å². The van der Waals surface area contributed by atoms with E-state index in [-0.39, 0.29) is 17.9 Å². The summed E-state index contributed by atoms with van der Waals surface area (Å²) >= 11 is 0. The Hall–Kier alpha value is -2.04. The number of nitrogens with one attached hydrogen (secondary N) is 1. The molecule has 1 fully saturated rings. The first kappa shape index (κ1) is 13.4.